The van der Waals surface area contributed by atoms with E-state index in [2.05, 4.69) is 4.98 Å². The van der Waals surface area contributed by atoms with Crippen molar-refractivity contribution >= 4 is 11.6 Å². The summed E-state index contributed by atoms with van der Waals surface area (Å²) in [7, 11) is 0. The number of nitrogens with zero attached hydrogens (tertiary/aromatic N) is 2. The van der Waals surface area contributed by atoms with E-state index in [1.54, 1.807) is 17.5 Å². The van der Waals surface area contributed by atoms with Crippen LogP contribution in [-0.4, -0.2) is 20.5 Å². The number of hydrogen-bond acceptors (Lipinski definition) is 3. The molecule has 2 aromatic heterocycles. The molecule has 0 fully saturated rings. The molecule has 5 heteroatoms. The van der Waals surface area contributed by atoms with Gasteiger partial charge < -0.3 is 9.84 Å². The third-order valence-electron chi connectivity index (χ3n) is 3.44. The van der Waals surface area contributed by atoms with Crippen LogP contribution in [0.3, 0.4) is 0 Å². The minimum absolute atomic E-state index is 0.170. The van der Waals surface area contributed by atoms with Crippen molar-refractivity contribution in [2.75, 3.05) is 0 Å². The number of benzene rings is 1. The number of carbonyl (C=O) groups is 1. The zero-order valence-corrected chi connectivity index (χ0v) is 12.4. The van der Waals surface area contributed by atoms with Crippen LogP contribution in [-0.2, 0) is 6.61 Å². The molecule has 22 heavy (non-hydrogen) atoms. The van der Waals surface area contributed by atoms with Crippen LogP contribution in [0.1, 0.15) is 27.3 Å². The Hall–Kier alpha value is -2.82. The Morgan fingerprint density at radius 3 is 2.68 bits per heavy atom. The lowest BCUT2D eigenvalue weighted by Gasteiger charge is -2.09. The van der Waals surface area contributed by atoms with Gasteiger partial charge in [-0.1, -0.05) is 30.3 Å². The Labute approximate surface area is 127 Å². The summed E-state index contributed by atoms with van der Waals surface area (Å²) >= 11 is 0. The molecule has 2 heterocycles. The van der Waals surface area contributed by atoms with E-state index in [1.165, 1.54) is 0 Å². The number of hydrogen-bond donors (Lipinski definition) is 1. The molecule has 3 rings (SSSR count). The first-order valence-corrected chi connectivity index (χ1v) is 6.95. The van der Waals surface area contributed by atoms with Crippen LogP contribution in [0.4, 0.5) is 0 Å². The Morgan fingerprint density at radius 2 is 2.00 bits per heavy atom. The van der Waals surface area contributed by atoms with Crippen molar-refractivity contribution in [3.8, 4) is 5.75 Å². The number of carboxylic acid groups (broad SMARTS) is 1. The number of imidazole rings is 1. The van der Waals surface area contributed by atoms with Crippen LogP contribution in [0.25, 0.3) is 5.65 Å². The first-order valence-electron chi connectivity index (χ1n) is 6.95. The van der Waals surface area contributed by atoms with E-state index in [1.807, 2.05) is 43.3 Å². The lowest BCUT2D eigenvalue weighted by molar-refractivity contribution is 0.0688. The Kier molecular flexibility index (Phi) is 3.55. The van der Waals surface area contributed by atoms with Crippen LogP contribution >= 0.6 is 0 Å². The van der Waals surface area contributed by atoms with Crippen molar-refractivity contribution in [3.63, 3.8) is 0 Å². The molecule has 0 amide bonds. The molecular formula is C17H16N2O3. The van der Waals surface area contributed by atoms with Gasteiger partial charge in [0, 0.05) is 6.20 Å². The van der Waals surface area contributed by atoms with E-state index >= 15 is 0 Å². The SMILES string of the molecule is Cc1cc(OCc2ccccc2)c2nc(C)c(C(=O)O)n2c1. The van der Waals surface area contributed by atoms with E-state index in [-0.39, 0.29) is 5.69 Å². The predicted octanol–water partition coefficient (Wildman–Crippen LogP) is 3.23. The molecule has 0 saturated heterocycles. The topological polar surface area (TPSA) is 63.8 Å². The zero-order chi connectivity index (χ0) is 15.7. The maximum atomic E-state index is 11.4. The molecule has 0 radical (unpaired) electrons. The van der Waals surface area contributed by atoms with Crippen molar-refractivity contribution in [1.29, 1.82) is 0 Å². The van der Waals surface area contributed by atoms with Crippen LogP contribution in [0.2, 0.25) is 0 Å². The first-order chi connectivity index (χ1) is 10.6. The minimum Gasteiger partial charge on any atom is -0.485 e. The number of rotatable bonds is 4. The molecule has 0 aliphatic carbocycles. The Morgan fingerprint density at radius 1 is 1.27 bits per heavy atom. The molecule has 0 aliphatic heterocycles. The number of fused-ring (bicyclic) bond motifs is 1. The van der Waals surface area contributed by atoms with Gasteiger partial charge in [-0.25, -0.2) is 9.78 Å². The highest BCUT2D eigenvalue weighted by atomic mass is 16.5. The molecule has 0 atom stereocenters. The molecule has 3 aromatic rings. The van der Waals surface area contributed by atoms with Gasteiger partial charge in [0.1, 0.15) is 6.61 Å². The summed E-state index contributed by atoms with van der Waals surface area (Å²) in [6, 6.07) is 11.7. The van der Waals surface area contributed by atoms with Crippen LogP contribution in [0, 0.1) is 13.8 Å². The van der Waals surface area contributed by atoms with Crippen molar-refractivity contribution < 1.29 is 14.6 Å². The van der Waals surface area contributed by atoms with Crippen molar-refractivity contribution in [1.82, 2.24) is 9.38 Å². The lowest BCUT2D eigenvalue weighted by Crippen LogP contribution is -2.05. The summed E-state index contributed by atoms with van der Waals surface area (Å²) in [6.07, 6.45) is 1.76. The Balaban J connectivity index is 2.02. The zero-order valence-electron chi connectivity index (χ0n) is 12.4. The molecule has 0 bridgehead atoms. The number of aromatic carboxylic acids is 1. The number of pyridine rings is 1. The second kappa shape index (κ2) is 5.52. The van der Waals surface area contributed by atoms with Gasteiger partial charge in [0.2, 0.25) is 0 Å². The van der Waals surface area contributed by atoms with Crippen molar-refractivity contribution in [2.45, 2.75) is 20.5 Å². The Bertz CT molecular complexity index is 838. The van der Waals surface area contributed by atoms with Crippen LogP contribution < -0.4 is 4.74 Å². The molecule has 0 saturated carbocycles. The van der Waals surface area contributed by atoms with E-state index < -0.39 is 5.97 Å². The highest BCUT2D eigenvalue weighted by molar-refractivity contribution is 5.88. The molecule has 0 unspecified atom stereocenters. The fraction of sp³-hybridized carbons (Fsp3) is 0.176. The highest BCUT2D eigenvalue weighted by Gasteiger charge is 2.18. The summed E-state index contributed by atoms with van der Waals surface area (Å²) in [5.74, 6) is -0.413. The third-order valence-corrected chi connectivity index (χ3v) is 3.44. The van der Waals surface area contributed by atoms with Crippen LogP contribution in [0.5, 0.6) is 5.75 Å². The van der Waals surface area contributed by atoms with Gasteiger partial charge in [0.15, 0.2) is 17.1 Å². The van der Waals surface area contributed by atoms with Gasteiger partial charge in [-0.3, -0.25) is 4.40 Å². The number of ether oxygens (including phenoxy) is 1. The number of aromatic nitrogens is 2. The van der Waals surface area contributed by atoms with E-state index in [4.69, 9.17) is 4.74 Å². The standard InChI is InChI=1S/C17H16N2O3/c1-11-8-14(22-10-13-6-4-3-5-7-13)16-18-12(2)15(17(20)21)19(16)9-11/h3-9H,10H2,1-2H3,(H,20,21). The smallest absolute Gasteiger partial charge is 0.354 e. The van der Waals surface area contributed by atoms with Crippen molar-refractivity contribution in [3.05, 3.63) is 65.1 Å². The largest absolute Gasteiger partial charge is 0.485 e. The van der Waals surface area contributed by atoms with E-state index in [0.717, 1.165) is 11.1 Å². The minimum atomic E-state index is -0.996. The molecular weight excluding hydrogens is 280 g/mol. The van der Waals surface area contributed by atoms with Crippen LogP contribution in [0.15, 0.2) is 42.6 Å². The van der Waals surface area contributed by atoms with E-state index in [0.29, 0.717) is 23.7 Å². The summed E-state index contributed by atoms with van der Waals surface area (Å²) in [5, 5.41) is 9.34. The lowest BCUT2D eigenvalue weighted by atomic mass is 10.2. The van der Waals surface area contributed by atoms with Crippen molar-refractivity contribution in [2.24, 2.45) is 0 Å². The van der Waals surface area contributed by atoms with Gasteiger partial charge in [-0.05, 0) is 31.0 Å². The van der Waals surface area contributed by atoms with Gasteiger partial charge in [0.25, 0.3) is 0 Å². The second-order valence-corrected chi connectivity index (χ2v) is 5.20. The normalized spacial score (nSPS) is 10.8. The van der Waals surface area contributed by atoms with Gasteiger partial charge in [0.05, 0.1) is 5.69 Å². The monoisotopic (exact) mass is 296 g/mol. The maximum Gasteiger partial charge on any atom is 0.354 e. The predicted molar refractivity (Wildman–Crippen MR) is 82.4 cm³/mol. The summed E-state index contributed by atoms with van der Waals surface area (Å²) in [5.41, 5.74) is 3.13. The van der Waals surface area contributed by atoms with Gasteiger partial charge in [-0.2, -0.15) is 0 Å². The number of carboxylic acids is 1. The third kappa shape index (κ3) is 2.53. The van der Waals surface area contributed by atoms with Gasteiger partial charge in [-0.15, -0.1) is 0 Å². The summed E-state index contributed by atoms with van der Waals surface area (Å²) in [4.78, 5) is 15.7. The quantitative estimate of drug-likeness (QED) is 0.803. The molecule has 5 nitrogen and oxygen atoms in total. The van der Waals surface area contributed by atoms with Gasteiger partial charge >= 0.3 is 5.97 Å². The summed E-state index contributed by atoms with van der Waals surface area (Å²) < 4.78 is 7.43. The second-order valence-electron chi connectivity index (χ2n) is 5.20. The average Bonchev–Trinajstić information content (AvgIpc) is 2.82. The number of aryl methyl sites for hydroxylation is 2. The molecule has 1 aromatic carbocycles. The molecule has 0 spiro atoms. The van der Waals surface area contributed by atoms with E-state index in [9.17, 15) is 9.90 Å². The fourth-order valence-corrected chi connectivity index (χ4v) is 2.46. The fourth-order valence-electron chi connectivity index (χ4n) is 2.46. The highest BCUT2D eigenvalue weighted by Crippen LogP contribution is 2.25. The molecule has 1 N–H and O–H groups in total. The maximum absolute atomic E-state index is 11.4. The average molecular weight is 296 g/mol. The molecule has 112 valence electrons. The summed E-state index contributed by atoms with van der Waals surface area (Å²) in [6.45, 7) is 4.00. The molecule has 0 aliphatic rings. The first kappa shape index (κ1) is 14.1.